The summed E-state index contributed by atoms with van der Waals surface area (Å²) in [6.07, 6.45) is 3.71. The molecule has 1 aromatic rings. The second kappa shape index (κ2) is 5.44. The standard InChI is InChI=1S/C15H24N2/c1-4-12(2)11-17(3)15-9-5-8-14-13(15)7-6-10-16-14/h5,8-9,12,16H,4,6-7,10-11H2,1-3H3. The highest BCUT2D eigenvalue weighted by Gasteiger charge is 2.15. The first-order chi connectivity index (χ1) is 8.22. The minimum Gasteiger partial charge on any atom is -0.385 e. The molecule has 0 aromatic heterocycles. The Labute approximate surface area is 105 Å². The summed E-state index contributed by atoms with van der Waals surface area (Å²) in [4.78, 5) is 2.42. The quantitative estimate of drug-likeness (QED) is 0.854. The van der Waals surface area contributed by atoms with E-state index < -0.39 is 0 Å². The van der Waals surface area contributed by atoms with E-state index in [0.29, 0.717) is 0 Å². The summed E-state index contributed by atoms with van der Waals surface area (Å²) in [7, 11) is 2.22. The fraction of sp³-hybridized carbons (Fsp3) is 0.600. The average molecular weight is 232 g/mol. The van der Waals surface area contributed by atoms with Gasteiger partial charge in [0.05, 0.1) is 0 Å². The van der Waals surface area contributed by atoms with Crippen molar-refractivity contribution in [3.05, 3.63) is 23.8 Å². The van der Waals surface area contributed by atoms with Gasteiger partial charge in [-0.15, -0.1) is 0 Å². The molecule has 2 rings (SSSR count). The molecule has 0 saturated carbocycles. The van der Waals surface area contributed by atoms with Gasteiger partial charge in [0.2, 0.25) is 0 Å². The van der Waals surface area contributed by atoms with Crippen LogP contribution in [0.3, 0.4) is 0 Å². The van der Waals surface area contributed by atoms with E-state index in [1.807, 2.05) is 0 Å². The van der Waals surface area contributed by atoms with E-state index in [1.165, 1.54) is 36.2 Å². The Bertz CT molecular complexity index is 373. The zero-order valence-corrected chi connectivity index (χ0v) is 11.3. The summed E-state index contributed by atoms with van der Waals surface area (Å²) in [5.74, 6) is 0.757. The summed E-state index contributed by atoms with van der Waals surface area (Å²) in [5.41, 5.74) is 4.25. The Hall–Kier alpha value is -1.18. The van der Waals surface area contributed by atoms with Crippen LogP contribution in [0, 0.1) is 5.92 Å². The molecule has 1 aliphatic heterocycles. The zero-order chi connectivity index (χ0) is 12.3. The van der Waals surface area contributed by atoms with Crippen molar-refractivity contribution in [3.8, 4) is 0 Å². The molecule has 1 atom stereocenters. The highest BCUT2D eigenvalue weighted by molar-refractivity contribution is 5.67. The van der Waals surface area contributed by atoms with Gasteiger partial charge in [0, 0.05) is 31.5 Å². The molecular formula is C15H24N2. The third kappa shape index (κ3) is 2.74. The molecule has 1 N–H and O–H groups in total. The van der Waals surface area contributed by atoms with Gasteiger partial charge in [0.15, 0.2) is 0 Å². The first kappa shape index (κ1) is 12.3. The lowest BCUT2D eigenvalue weighted by Gasteiger charge is -2.28. The molecule has 0 amide bonds. The van der Waals surface area contributed by atoms with Gasteiger partial charge in [0.25, 0.3) is 0 Å². The third-order valence-electron chi connectivity index (χ3n) is 3.76. The number of anilines is 2. The van der Waals surface area contributed by atoms with Gasteiger partial charge in [-0.1, -0.05) is 26.3 Å². The van der Waals surface area contributed by atoms with Crippen molar-refractivity contribution < 1.29 is 0 Å². The highest BCUT2D eigenvalue weighted by atomic mass is 15.1. The minimum atomic E-state index is 0.757. The molecule has 1 aliphatic rings. The van der Waals surface area contributed by atoms with Crippen molar-refractivity contribution in [1.29, 1.82) is 0 Å². The number of hydrogen-bond donors (Lipinski definition) is 1. The molecular weight excluding hydrogens is 208 g/mol. The molecule has 17 heavy (non-hydrogen) atoms. The normalized spacial score (nSPS) is 15.9. The van der Waals surface area contributed by atoms with Gasteiger partial charge < -0.3 is 10.2 Å². The Balaban J connectivity index is 2.20. The summed E-state index contributed by atoms with van der Waals surface area (Å²) in [6, 6.07) is 6.63. The number of nitrogens with one attached hydrogen (secondary N) is 1. The molecule has 94 valence electrons. The first-order valence-electron chi connectivity index (χ1n) is 6.79. The largest absolute Gasteiger partial charge is 0.385 e. The van der Waals surface area contributed by atoms with Gasteiger partial charge in [-0.05, 0) is 36.5 Å². The van der Waals surface area contributed by atoms with Crippen LogP contribution < -0.4 is 10.2 Å². The summed E-state index contributed by atoms with van der Waals surface area (Å²) < 4.78 is 0. The monoisotopic (exact) mass is 232 g/mol. The van der Waals surface area contributed by atoms with Crippen molar-refractivity contribution in [2.45, 2.75) is 33.1 Å². The maximum absolute atomic E-state index is 3.50. The van der Waals surface area contributed by atoms with Crippen LogP contribution in [-0.4, -0.2) is 20.1 Å². The average Bonchev–Trinajstić information content (AvgIpc) is 2.37. The van der Waals surface area contributed by atoms with Crippen LogP contribution in [0.15, 0.2) is 18.2 Å². The SMILES string of the molecule is CCC(C)CN(C)c1cccc2c1CCCN2. The van der Waals surface area contributed by atoms with Crippen molar-refractivity contribution in [2.75, 3.05) is 30.4 Å². The second-order valence-electron chi connectivity index (χ2n) is 5.23. The molecule has 2 nitrogen and oxygen atoms in total. The van der Waals surface area contributed by atoms with Gasteiger partial charge >= 0.3 is 0 Å². The van der Waals surface area contributed by atoms with Crippen LogP contribution in [0.25, 0.3) is 0 Å². The second-order valence-corrected chi connectivity index (χ2v) is 5.23. The maximum atomic E-state index is 3.50. The first-order valence-corrected chi connectivity index (χ1v) is 6.79. The molecule has 0 spiro atoms. The molecule has 1 aromatic carbocycles. The summed E-state index contributed by atoms with van der Waals surface area (Å²) >= 11 is 0. The van der Waals surface area contributed by atoms with Crippen LogP contribution >= 0.6 is 0 Å². The van der Waals surface area contributed by atoms with Crippen molar-refractivity contribution in [2.24, 2.45) is 5.92 Å². The lowest BCUT2D eigenvalue weighted by atomic mass is 10.00. The van der Waals surface area contributed by atoms with Gasteiger partial charge in [-0.3, -0.25) is 0 Å². The van der Waals surface area contributed by atoms with E-state index >= 15 is 0 Å². The Kier molecular flexibility index (Phi) is 3.93. The lowest BCUT2D eigenvalue weighted by molar-refractivity contribution is 0.559. The molecule has 0 saturated heterocycles. The molecule has 0 aliphatic carbocycles. The van der Waals surface area contributed by atoms with E-state index in [-0.39, 0.29) is 0 Å². The Morgan fingerprint density at radius 1 is 1.41 bits per heavy atom. The number of nitrogens with zero attached hydrogens (tertiary/aromatic N) is 1. The molecule has 1 heterocycles. The van der Waals surface area contributed by atoms with Crippen LogP contribution in [0.2, 0.25) is 0 Å². The molecule has 0 fully saturated rings. The van der Waals surface area contributed by atoms with E-state index in [0.717, 1.165) is 19.0 Å². The molecule has 0 radical (unpaired) electrons. The van der Waals surface area contributed by atoms with Gasteiger partial charge in [-0.25, -0.2) is 0 Å². The van der Waals surface area contributed by atoms with Crippen LogP contribution in [0.1, 0.15) is 32.3 Å². The van der Waals surface area contributed by atoms with E-state index in [1.54, 1.807) is 0 Å². The third-order valence-corrected chi connectivity index (χ3v) is 3.76. The van der Waals surface area contributed by atoms with Crippen LogP contribution in [-0.2, 0) is 6.42 Å². The number of hydrogen-bond acceptors (Lipinski definition) is 2. The van der Waals surface area contributed by atoms with Crippen molar-refractivity contribution >= 4 is 11.4 Å². The van der Waals surface area contributed by atoms with Crippen LogP contribution in [0.5, 0.6) is 0 Å². The molecule has 0 bridgehead atoms. The topological polar surface area (TPSA) is 15.3 Å². The maximum Gasteiger partial charge on any atom is 0.0417 e. The Morgan fingerprint density at radius 2 is 2.24 bits per heavy atom. The lowest BCUT2D eigenvalue weighted by Crippen LogP contribution is -2.26. The Morgan fingerprint density at radius 3 is 3.00 bits per heavy atom. The molecule has 1 unspecified atom stereocenters. The van der Waals surface area contributed by atoms with Crippen molar-refractivity contribution in [1.82, 2.24) is 0 Å². The van der Waals surface area contributed by atoms with Gasteiger partial charge in [-0.2, -0.15) is 0 Å². The number of rotatable bonds is 4. The van der Waals surface area contributed by atoms with Crippen molar-refractivity contribution in [3.63, 3.8) is 0 Å². The smallest absolute Gasteiger partial charge is 0.0417 e. The van der Waals surface area contributed by atoms with Crippen LogP contribution in [0.4, 0.5) is 11.4 Å². The fourth-order valence-corrected chi connectivity index (χ4v) is 2.54. The summed E-state index contributed by atoms with van der Waals surface area (Å²) in [5, 5.41) is 3.50. The zero-order valence-electron chi connectivity index (χ0n) is 11.3. The summed E-state index contributed by atoms with van der Waals surface area (Å²) in [6.45, 7) is 6.85. The minimum absolute atomic E-state index is 0.757. The predicted molar refractivity (Wildman–Crippen MR) is 76.0 cm³/mol. The number of benzene rings is 1. The number of fused-ring (bicyclic) bond motifs is 1. The van der Waals surface area contributed by atoms with Gasteiger partial charge in [0.1, 0.15) is 0 Å². The fourth-order valence-electron chi connectivity index (χ4n) is 2.54. The van der Waals surface area contributed by atoms with E-state index in [2.05, 4.69) is 49.3 Å². The highest BCUT2D eigenvalue weighted by Crippen LogP contribution is 2.31. The van der Waals surface area contributed by atoms with E-state index in [4.69, 9.17) is 0 Å². The predicted octanol–water partition coefficient (Wildman–Crippen LogP) is 3.53. The van der Waals surface area contributed by atoms with E-state index in [9.17, 15) is 0 Å². The molecule has 2 heteroatoms.